The summed E-state index contributed by atoms with van der Waals surface area (Å²) in [4.78, 5) is 0. The highest BCUT2D eigenvalue weighted by Gasteiger charge is 2.18. The van der Waals surface area contributed by atoms with Crippen molar-refractivity contribution in [3.05, 3.63) is 57.6 Å². The molecular formula is C32H50O2. The maximum absolute atomic E-state index is 10.3. The molecule has 0 radical (unpaired) electrons. The van der Waals surface area contributed by atoms with Crippen molar-refractivity contribution in [2.45, 2.75) is 130 Å². The molecule has 0 unspecified atom stereocenters. The van der Waals surface area contributed by atoms with Gasteiger partial charge in [-0.25, -0.2) is 0 Å². The molecular weight excluding hydrogens is 416 g/mol. The Kier molecular flexibility index (Phi) is 12.6. The maximum Gasteiger partial charge on any atom is 0.121 e. The zero-order valence-corrected chi connectivity index (χ0v) is 22.7. The molecule has 0 aromatic heterocycles. The van der Waals surface area contributed by atoms with Gasteiger partial charge in [0.05, 0.1) is 0 Å². The lowest BCUT2D eigenvalue weighted by molar-refractivity contribution is 0.465. The first kappa shape index (κ1) is 28.3. The van der Waals surface area contributed by atoms with Crippen LogP contribution in [0, 0.1) is 27.7 Å². The van der Waals surface area contributed by atoms with Gasteiger partial charge in [-0.05, 0) is 67.5 Å². The summed E-state index contributed by atoms with van der Waals surface area (Å²) in [5, 5.41) is 20.5. The number of benzene rings is 2. The maximum atomic E-state index is 10.3. The van der Waals surface area contributed by atoms with Crippen LogP contribution < -0.4 is 0 Å². The van der Waals surface area contributed by atoms with Crippen LogP contribution in [-0.2, 0) is 0 Å². The van der Waals surface area contributed by atoms with E-state index in [0.717, 1.165) is 28.7 Å². The summed E-state index contributed by atoms with van der Waals surface area (Å²) in [6.07, 6.45) is 18.9. The average Bonchev–Trinajstić information content (AvgIpc) is 2.80. The van der Waals surface area contributed by atoms with Crippen molar-refractivity contribution >= 4 is 0 Å². The first-order valence-electron chi connectivity index (χ1n) is 13.9. The zero-order chi connectivity index (χ0) is 24.9. The van der Waals surface area contributed by atoms with E-state index < -0.39 is 0 Å². The highest BCUT2D eigenvalue weighted by Crippen LogP contribution is 2.37. The molecule has 2 N–H and O–H groups in total. The Balaban J connectivity index is 1.85. The number of aryl methyl sites for hydroxylation is 4. The summed E-state index contributed by atoms with van der Waals surface area (Å²) in [7, 11) is 0. The van der Waals surface area contributed by atoms with Gasteiger partial charge in [0.15, 0.2) is 0 Å². The van der Waals surface area contributed by atoms with Gasteiger partial charge in [-0.3, -0.25) is 0 Å². The molecule has 34 heavy (non-hydrogen) atoms. The zero-order valence-electron chi connectivity index (χ0n) is 22.7. The molecule has 2 nitrogen and oxygen atoms in total. The SMILES string of the molecule is CCCCCCCCCCCCCCCC(c1cc(C)c(O)c(C)c1)c1cc(C)c(O)c(C)c1. The van der Waals surface area contributed by atoms with Gasteiger partial charge in [-0.1, -0.05) is 115 Å². The molecule has 2 rings (SSSR count). The molecule has 0 aliphatic heterocycles. The van der Waals surface area contributed by atoms with Crippen molar-refractivity contribution in [1.82, 2.24) is 0 Å². The molecule has 0 fully saturated rings. The van der Waals surface area contributed by atoms with Crippen LogP contribution in [0.5, 0.6) is 11.5 Å². The smallest absolute Gasteiger partial charge is 0.121 e. The number of hydrogen-bond donors (Lipinski definition) is 2. The molecule has 0 saturated heterocycles. The molecule has 0 saturated carbocycles. The van der Waals surface area contributed by atoms with Gasteiger partial charge in [0.1, 0.15) is 11.5 Å². The first-order chi connectivity index (χ1) is 16.3. The van der Waals surface area contributed by atoms with Crippen LogP contribution >= 0.6 is 0 Å². The van der Waals surface area contributed by atoms with Crippen molar-refractivity contribution in [2.75, 3.05) is 0 Å². The average molecular weight is 467 g/mol. The molecule has 0 bridgehead atoms. The number of hydrogen-bond acceptors (Lipinski definition) is 2. The van der Waals surface area contributed by atoms with E-state index in [1.54, 1.807) is 0 Å². The van der Waals surface area contributed by atoms with Crippen LogP contribution in [0.3, 0.4) is 0 Å². The minimum Gasteiger partial charge on any atom is -0.507 e. The fourth-order valence-electron chi connectivity index (χ4n) is 5.27. The van der Waals surface area contributed by atoms with E-state index in [9.17, 15) is 10.2 Å². The summed E-state index contributed by atoms with van der Waals surface area (Å²) in [5.74, 6) is 1.10. The lowest BCUT2D eigenvalue weighted by atomic mass is 9.83. The Labute approximate surface area is 209 Å². The van der Waals surface area contributed by atoms with Crippen molar-refractivity contribution < 1.29 is 10.2 Å². The van der Waals surface area contributed by atoms with Crippen LogP contribution in [0.15, 0.2) is 24.3 Å². The predicted octanol–water partition coefficient (Wildman–Crippen LogP) is 9.94. The quantitative estimate of drug-likeness (QED) is 0.242. The van der Waals surface area contributed by atoms with E-state index in [4.69, 9.17) is 0 Å². The molecule has 2 heteroatoms. The van der Waals surface area contributed by atoms with Gasteiger partial charge in [-0.2, -0.15) is 0 Å². The standard InChI is InChI=1S/C32H50O2/c1-6-7-8-9-10-11-12-13-14-15-16-17-18-19-30(28-20-24(2)31(33)25(3)21-28)29-22-26(4)32(34)27(5)23-29/h20-23,30,33-34H,6-19H2,1-5H3. The first-order valence-corrected chi connectivity index (χ1v) is 13.9. The Bertz CT molecular complexity index is 764. The Morgan fingerprint density at radius 3 is 1.12 bits per heavy atom. The molecule has 2 aromatic carbocycles. The summed E-state index contributed by atoms with van der Waals surface area (Å²) in [6.45, 7) is 10.2. The van der Waals surface area contributed by atoms with E-state index in [1.807, 2.05) is 27.7 Å². The minimum absolute atomic E-state index is 0.295. The molecule has 0 aliphatic carbocycles. The van der Waals surface area contributed by atoms with E-state index in [2.05, 4.69) is 31.2 Å². The lowest BCUT2D eigenvalue weighted by Gasteiger charge is -2.21. The molecule has 0 amide bonds. The van der Waals surface area contributed by atoms with Gasteiger partial charge in [0.2, 0.25) is 0 Å². The largest absolute Gasteiger partial charge is 0.507 e. The monoisotopic (exact) mass is 466 g/mol. The number of phenolic OH excluding ortho intramolecular Hbond substituents is 2. The predicted molar refractivity (Wildman–Crippen MR) is 147 cm³/mol. The highest BCUT2D eigenvalue weighted by molar-refractivity contribution is 5.49. The molecule has 0 aliphatic rings. The lowest BCUT2D eigenvalue weighted by Crippen LogP contribution is -2.04. The van der Waals surface area contributed by atoms with Crippen molar-refractivity contribution in [2.24, 2.45) is 0 Å². The number of aromatic hydroxyl groups is 2. The fraction of sp³-hybridized carbons (Fsp3) is 0.625. The van der Waals surface area contributed by atoms with Crippen LogP contribution in [0.25, 0.3) is 0 Å². The normalized spacial score (nSPS) is 11.5. The van der Waals surface area contributed by atoms with Crippen LogP contribution in [0.2, 0.25) is 0 Å². The third kappa shape index (κ3) is 9.01. The van der Waals surface area contributed by atoms with E-state index in [1.165, 1.54) is 94.6 Å². The fourth-order valence-corrected chi connectivity index (χ4v) is 5.27. The molecule has 0 heterocycles. The molecule has 2 aromatic rings. The molecule has 190 valence electrons. The summed E-state index contributed by atoms with van der Waals surface area (Å²) >= 11 is 0. The second kappa shape index (κ2) is 15.1. The van der Waals surface area contributed by atoms with Crippen molar-refractivity contribution in [1.29, 1.82) is 0 Å². The summed E-state index contributed by atoms with van der Waals surface area (Å²) in [5.41, 5.74) is 6.32. The summed E-state index contributed by atoms with van der Waals surface area (Å²) in [6, 6.07) is 8.58. The molecule has 0 atom stereocenters. The minimum atomic E-state index is 0.295. The Morgan fingerprint density at radius 1 is 0.500 bits per heavy atom. The van der Waals surface area contributed by atoms with Gasteiger partial charge in [-0.15, -0.1) is 0 Å². The second-order valence-electron chi connectivity index (χ2n) is 10.6. The second-order valence-corrected chi connectivity index (χ2v) is 10.6. The van der Waals surface area contributed by atoms with E-state index in [-0.39, 0.29) is 0 Å². The molecule has 0 spiro atoms. The third-order valence-electron chi connectivity index (χ3n) is 7.43. The van der Waals surface area contributed by atoms with Crippen LogP contribution in [0.4, 0.5) is 0 Å². The number of rotatable bonds is 16. The van der Waals surface area contributed by atoms with Gasteiger partial charge in [0.25, 0.3) is 0 Å². The van der Waals surface area contributed by atoms with Crippen molar-refractivity contribution in [3.63, 3.8) is 0 Å². The number of unbranched alkanes of at least 4 members (excludes halogenated alkanes) is 12. The summed E-state index contributed by atoms with van der Waals surface area (Å²) < 4.78 is 0. The van der Waals surface area contributed by atoms with Gasteiger partial charge in [0, 0.05) is 5.92 Å². The van der Waals surface area contributed by atoms with E-state index in [0.29, 0.717) is 17.4 Å². The Hall–Kier alpha value is -1.96. The van der Waals surface area contributed by atoms with E-state index >= 15 is 0 Å². The van der Waals surface area contributed by atoms with Crippen molar-refractivity contribution in [3.8, 4) is 11.5 Å². The third-order valence-corrected chi connectivity index (χ3v) is 7.43. The van der Waals surface area contributed by atoms with Crippen LogP contribution in [-0.4, -0.2) is 10.2 Å². The van der Waals surface area contributed by atoms with Gasteiger partial charge < -0.3 is 10.2 Å². The topological polar surface area (TPSA) is 40.5 Å². The number of phenols is 2. The van der Waals surface area contributed by atoms with Gasteiger partial charge >= 0.3 is 0 Å². The highest BCUT2D eigenvalue weighted by atomic mass is 16.3. The Morgan fingerprint density at radius 2 is 0.794 bits per heavy atom. The van der Waals surface area contributed by atoms with Crippen LogP contribution in [0.1, 0.15) is 136 Å².